The topological polar surface area (TPSA) is 62.7 Å². The van der Waals surface area contributed by atoms with Crippen molar-refractivity contribution in [3.05, 3.63) is 23.4 Å². The molecule has 8 heteroatoms. The molecule has 2 saturated carbocycles. The van der Waals surface area contributed by atoms with E-state index in [9.17, 15) is 23.1 Å². The normalized spacial score (nSPS) is 26.9. The average molecular weight is 384 g/mol. The van der Waals surface area contributed by atoms with E-state index in [2.05, 4.69) is 4.98 Å². The van der Waals surface area contributed by atoms with E-state index in [0.717, 1.165) is 31.2 Å². The van der Waals surface area contributed by atoms with Crippen LogP contribution in [0.3, 0.4) is 0 Å². The first kappa shape index (κ1) is 18.5. The van der Waals surface area contributed by atoms with Gasteiger partial charge in [0.15, 0.2) is 6.10 Å². The summed E-state index contributed by atoms with van der Waals surface area (Å²) in [5.41, 5.74) is 1.34. The number of amides is 1. The lowest BCUT2D eigenvalue weighted by Gasteiger charge is -2.29. The van der Waals surface area contributed by atoms with Crippen LogP contribution in [0.5, 0.6) is 5.88 Å². The number of aromatic nitrogens is 1. The fraction of sp³-hybridized carbons (Fsp3) is 0.684. The standard InChI is InChI=1S/C19H23F3N2O3/c20-19(21,22)17(26)14-7-8-24(10-25)16(14)15-6-5-13(12-3-4-12)18(23-15)27-9-11-1-2-11/h5-6,10-12,14,16-17,26H,1-4,7-9H2. The SMILES string of the molecule is O=CN1CCC(C(O)C(F)(F)F)C1c1ccc(C2CC2)c(OCC2CC2)n1. The largest absolute Gasteiger partial charge is 0.477 e. The van der Waals surface area contributed by atoms with Crippen LogP contribution in [0.15, 0.2) is 12.1 Å². The van der Waals surface area contributed by atoms with E-state index in [1.807, 2.05) is 6.07 Å². The molecule has 4 rings (SSSR count). The molecule has 3 aliphatic rings. The molecule has 27 heavy (non-hydrogen) atoms. The Bertz CT molecular complexity index is 704. The van der Waals surface area contributed by atoms with Gasteiger partial charge in [-0.1, -0.05) is 6.07 Å². The van der Waals surface area contributed by atoms with Gasteiger partial charge in [-0.2, -0.15) is 13.2 Å². The fourth-order valence-electron chi connectivity index (χ4n) is 3.85. The van der Waals surface area contributed by atoms with Crippen molar-refractivity contribution in [3.63, 3.8) is 0 Å². The van der Waals surface area contributed by atoms with Crippen molar-refractivity contribution in [1.82, 2.24) is 9.88 Å². The minimum absolute atomic E-state index is 0.0778. The number of aliphatic hydroxyl groups excluding tert-OH is 1. The van der Waals surface area contributed by atoms with Crippen LogP contribution in [-0.2, 0) is 4.79 Å². The van der Waals surface area contributed by atoms with Crippen molar-refractivity contribution in [2.24, 2.45) is 11.8 Å². The van der Waals surface area contributed by atoms with Crippen LogP contribution in [0.1, 0.15) is 55.3 Å². The van der Waals surface area contributed by atoms with Crippen LogP contribution in [0, 0.1) is 11.8 Å². The van der Waals surface area contributed by atoms with Gasteiger partial charge in [0.2, 0.25) is 12.3 Å². The number of pyridine rings is 1. The first-order valence-electron chi connectivity index (χ1n) is 9.48. The molecule has 148 valence electrons. The van der Waals surface area contributed by atoms with Gasteiger partial charge in [-0.15, -0.1) is 0 Å². The first-order valence-corrected chi connectivity index (χ1v) is 9.48. The average Bonchev–Trinajstić information content (AvgIpc) is 3.55. The third-order valence-electron chi connectivity index (χ3n) is 5.74. The molecule has 1 saturated heterocycles. The number of halogens is 3. The van der Waals surface area contributed by atoms with Gasteiger partial charge >= 0.3 is 6.18 Å². The summed E-state index contributed by atoms with van der Waals surface area (Å²) in [7, 11) is 0. The van der Waals surface area contributed by atoms with Gasteiger partial charge in [0, 0.05) is 18.0 Å². The second-order valence-electron chi connectivity index (χ2n) is 7.89. The molecule has 0 aromatic carbocycles. The summed E-state index contributed by atoms with van der Waals surface area (Å²) in [4.78, 5) is 17.2. The van der Waals surface area contributed by atoms with Gasteiger partial charge in [0.25, 0.3) is 0 Å². The van der Waals surface area contributed by atoms with Gasteiger partial charge in [-0.3, -0.25) is 4.79 Å². The molecule has 2 heterocycles. The van der Waals surface area contributed by atoms with Crippen molar-refractivity contribution in [1.29, 1.82) is 0 Å². The summed E-state index contributed by atoms with van der Waals surface area (Å²) < 4.78 is 45.2. The molecule has 3 atom stereocenters. The third kappa shape index (κ3) is 3.90. The lowest BCUT2D eigenvalue weighted by molar-refractivity contribution is -0.221. The molecule has 1 aliphatic heterocycles. The zero-order chi connectivity index (χ0) is 19.2. The van der Waals surface area contributed by atoms with E-state index in [4.69, 9.17) is 4.74 Å². The van der Waals surface area contributed by atoms with Crippen molar-refractivity contribution >= 4 is 6.41 Å². The number of carbonyl (C=O) groups excluding carboxylic acids is 1. The van der Waals surface area contributed by atoms with E-state index < -0.39 is 24.2 Å². The molecule has 1 amide bonds. The number of hydrogen-bond donors (Lipinski definition) is 1. The first-order chi connectivity index (χ1) is 12.9. The Morgan fingerprint density at radius 1 is 1.26 bits per heavy atom. The van der Waals surface area contributed by atoms with Gasteiger partial charge in [0.1, 0.15) is 0 Å². The minimum atomic E-state index is -4.74. The highest BCUT2D eigenvalue weighted by molar-refractivity contribution is 5.50. The molecule has 1 aromatic heterocycles. The van der Waals surface area contributed by atoms with E-state index in [0.29, 0.717) is 36.4 Å². The molecule has 0 radical (unpaired) electrons. The Balaban J connectivity index is 1.63. The molecule has 0 bridgehead atoms. The highest BCUT2D eigenvalue weighted by atomic mass is 19.4. The number of carbonyl (C=O) groups is 1. The lowest BCUT2D eigenvalue weighted by Crippen LogP contribution is -2.39. The summed E-state index contributed by atoms with van der Waals surface area (Å²) >= 11 is 0. The van der Waals surface area contributed by atoms with Crippen molar-refractivity contribution in [2.75, 3.05) is 13.2 Å². The number of nitrogens with zero attached hydrogens (tertiary/aromatic N) is 2. The second-order valence-corrected chi connectivity index (χ2v) is 7.89. The zero-order valence-electron chi connectivity index (χ0n) is 14.9. The Morgan fingerprint density at radius 2 is 2.00 bits per heavy atom. The maximum atomic E-state index is 13.1. The highest BCUT2D eigenvalue weighted by Crippen LogP contribution is 2.46. The summed E-state index contributed by atoms with van der Waals surface area (Å²) in [6.45, 7) is 0.725. The molecule has 1 aromatic rings. The van der Waals surface area contributed by atoms with Crippen LogP contribution in [0.2, 0.25) is 0 Å². The summed E-state index contributed by atoms with van der Waals surface area (Å²) in [5.74, 6) is 0.258. The van der Waals surface area contributed by atoms with E-state index in [1.165, 1.54) is 4.90 Å². The molecule has 3 fully saturated rings. The minimum Gasteiger partial charge on any atom is -0.477 e. The predicted octanol–water partition coefficient (Wildman–Crippen LogP) is 3.19. The maximum absolute atomic E-state index is 13.1. The van der Waals surface area contributed by atoms with Crippen molar-refractivity contribution < 1.29 is 27.8 Å². The van der Waals surface area contributed by atoms with Gasteiger partial charge in [-0.05, 0) is 50.0 Å². The summed E-state index contributed by atoms with van der Waals surface area (Å²) in [6.07, 6.45) is -2.25. The number of rotatable bonds is 7. The molecule has 0 spiro atoms. The molecule has 1 N–H and O–H groups in total. The number of likely N-dealkylation sites (tertiary alicyclic amines) is 1. The van der Waals surface area contributed by atoms with Gasteiger partial charge in [0.05, 0.1) is 18.3 Å². The number of ether oxygens (including phenoxy) is 1. The third-order valence-corrected chi connectivity index (χ3v) is 5.74. The molecule has 2 aliphatic carbocycles. The zero-order valence-corrected chi connectivity index (χ0v) is 14.9. The Morgan fingerprint density at radius 3 is 2.59 bits per heavy atom. The Labute approximate surface area is 155 Å². The molecule has 3 unspecified atom stereocenters. The smallest absolute Gasteiger partial charge is 0.414 e. The highest BCUT2D eigenvalue weighted by Gasteiger charge is 2.50. The van der Waals surface area contributed by atoms with Crippen LogP contribution >= 0.6 is 0 Å². The number of aliphatic hydroxyl groups is 1. The second kappa shape index (κ2) is 6.96. The van der Waals surface area contributed by atoms with Crippen molar-refractivity contribution in [2.45, 2.75) is 56.3 Å². The predicted molar refractivity (Wildman–Crippen MR) is 90.1 cm³/mol. The van der Waals surface area contributed by atoms with Crippen LogP contribution in [0.4, 0.5) is 13.2 Å². The van der Waals surface area contributed by atoms with Gasteiger partial charge < -0.3 is 14.7 Å². The van der Waals surface area contributed by atoms with Crippen LogP contribution in [-0.4, -0.2) is 46.8 Å². The van der Waals surface area contributed by atoms with Crippen molar-refractivity contribution in [3.8, 4) is 5.88 Å². The fourth-order valence-corrected chi connectivity index (χ4v) is 3.85. The number of hydrogen-bond acceptors (Lipinski definition) is 4. The van der Waals surface area contributed by atoms with Gasteiger partial charge in [-0.25, -0.2) is 4.98 Å². The van der Waals surface area contributed by atoms with E-state index in [-0.39, 0.29) is 13.0 Å². The summed E-state index contributed by atoms with van der Waals surface area (Å²) in [6, 6.07) is 2.64. The monoisotopic (exact) mass is 384 g/mol. The Kier molecular flexibility index (Phi) is 4.78. The number of alkyl halides is 3. The molecule has 5 nitrogen and oxygen atoms in total. The maximum Gasteiger partial charge on any atom is 0.414 e. The summed E-state index contributed by atoms with van der Waals surface area (Å²) in [5, 5.41) is 9.81. The van der Waals surface area contributed by atoms with Crippen LogP contribution < -0.4 is 4.74 Å². The van der Waals surface area contributed by atoms with E-state index in [1.54, 1.807) is 6.07 Å². The lowest BCUT2D eigenvalue weighted by atomic mass is 9.91. The molecular formula is C19H23F3N2O3. The Hall–Kier alpha value is -1.83. The quantitative estimate of drug-likeness (QED) is 0.734. The molecular weight excluding hydrogens is 361 g/mol. The van der Waals surface area contributed by atoms with E-state index >= 15 is 0 Å². The van der Waals surface area contributed by atoms with Crippen LogP contribution in [0.25, 0.3) is 0 Å².